The summed E-state index contributed by atoms with van der Waals surface area (Å²) in [6, 6.07) is 5.38. The van der Waals surface area contributed by atoms with Crippen LogP contribution in [0.1, 0.15) is 42.6 Å². The summed E-state index contributed by atoms with van der Waals surface area (Å²) in [5.41, 5.74) is 0.420. The van der Waals surface area contributed by atoms with Crippen LogP contribution in [0.4, 0.5) is 0 Å². The molecule has 4 heteroatoms. The maximum absolute atomic E-state index is 11.0. The van der Waals surface area contributed by atoms with Crippen LogP contribution >= 0.6 is 11.8 Å². The number of carboxylic acid groups (broad SMARTS) is 1. The first-order chi connectivity index (χ1) is 8.41. The fourth-order valence-corrected chi connectivity index (χ4v) is 2.80. The van der Waals surface area contributed by atoms with E-state index in [0.717, 1.165) is 10.5 Å². The topological polar surface area (TPSA) is 57.5 Å². The van der Waals surface area contributed by atoms with E-state index in [4.69, 9.17) is 5.11 Å². The molecule has 0 saturated carbocycles. The molecule has 0 atom stereocenters. The van der Waals surface area contributed by atoms with Crippen molar-refractivity contribution in [2.75, 3.05) is 5.75 Å². The van der Waals surface area contributed by atoms with Gasteiger partial charge < -0.3 is 10.2 Å². The van der Waals surface area contributed by atoms with Crippen LogP contribution in [-0.2, 0) is 0 Å². The van der Waals surface area contributed by atoms with E-state index in [1.54, 1.807) is 13.0 Å². The second kappa shape index (κ2) is 6.25. The lowest BCUT2D eigenvalue weighted by molar-refractivity contribution is 0.0571. The maximum Gasteiger partial charge on any atom is 0.335 e. The van der Waals surface area contributed by atoms with Crippen LogP contribution in [0.3, 0.4) is 0 Å². The van der Waals surface area contributed by atoms with Gasteiger partial charge in [0.15, 0.2) is 0 Å². The number of benzene rings is 1. The average Bonchev–Trinajstić information content (AvgIpc) is 2.37. The van der Waals surface area contributed by atoms with Crippen LogP contribution in [0.2, 0.25) is 0 Å². The van der Waals surface area contributed by atoms with Gasteiger partial charge in [-0.2, -0.15) is 0 Å². The van der Waals surface area contributed by atoms with Crippen molar-refractivity contribution >= 4 is 17.7 Å². The van der Waals surface area contributed by atoms with Crippen LogP contribution in [0.5, 0.6) is 0 Å². The van der Waals surface area contributed by atoms with Gasteiger partial charge in [-0.05, 0) is 37.5 Å². The van der Waals surface area contributed by atoms with Gasteiger partial charge in [-0.3, -0.25) is 0 Å². The molecule has 0 fully saturated rings. The molecule has 1 rings (SSSR count). The molecule has 100 valence electrons. The quantitative estimate of drug-likeness (QED) is 0.777. The molecule has 1 aromatic carbocycles. The van der Waals surface area contributed by atoms with Crippen molar-refractivity contribution in [2.45, 2.75) is 44.1 Å². The van der Waals surface area contributed by atoms with Crippen molar-refractivity contribution in [2.24, 2.45) is 0 Å². The summed E-state index contributed by atoms with van der Waals surface area (Å²) >= 11 is 1.50. The lowest BCUT2D eigenvalue weighted by Crippen LogP contribution is -2.29. The van der Waals surface area contributed by atoms with Crippen molar-refractivity contribution in [3.63, 3.8) is 0 Å². The fourth-order valence-electron chi connectivity index (χ4n) is 1.59. The first-order valence-corrected chi connectivity index (χ1v) is 7.09. The largest absolute Gasteiger partial charge is 0.478 e. The van der Waals surface area contributed by atoms with Crippen molar-refractivity contribution in [3.8, 4) is 0 Å². The fraction of sp³-hybridized carbons (Fsp3) is 0.500. The molecule has 2 N–H and O–H groups in total. The minimum Gasteiger partial charge on any atom is -0.478 e. The van der Waals surface area contributed by atoms with Crippen molar-refractivity contribution in [1.82, 2.24) is 0 Å². The van der Waals surface area contributed by atoms with E-state index in [-0.39, 0.29) is 0 Å². The Balaban J connectivity index is 2.80. The predicted molar refractivity (Wildman–Crippen MR) is 74.4 cm³/mol. The van der Waals surface area contributed by atoms with Gasteiger partial charge in [0.25, 0.3) is 0 Å². The molecular formula is C14H20O3S. The van der Waals surface area contributed by atoms with Crippen LogP contribution in [0.15, 0.2) is 23.1 Å². The number of thioether (sulfide) groups is 1. The molecule has 0 aliphatic carbocycles. The van der Waals surface area contributed by atoms with E-state index in [1.807, 2.05) is 26.0 Å². The molecule has 0 amide bonds. The van der Waals surface area contributed by atoms with E-state index in [9.17, 15) is 9.90 Å². The number of hydrogen-bond donors (Lipinski definition) is 2. The predicted octanol–water partition coefficient (Wildman–Crippen LogP) is 3.34. The SMILES string of the molecule is CCC(O)(CC)CSc1ccc(C)c(C(=O)O)c1. The van der Waals surface area contributed by atoms with Crippen LogP contribution in [0.25, 0.3) is 0 Å². The summed E-state index contributed by atoms with van der Waals surface area (Å²) in [6.45, 7) is 5.70. The molecule has 0 bridgehead atoms. The summed E-state index contributed by atoms with van der Waals surface area (Å²) in [6.07, 6.45) is 1.41. The summed E-state index contributed by atoms with van der Waals surface area (Å²) in [7, 11) is 0. The van der Waals surface area contributed by atoms with Gasteiger partial charge in [-0.25, -0.2) is 4.79 Å². The van der Waals surface area contributed by atoms with Gasteiger partial charge in [-0.15, -0.1) is 11.8 Å². The van der Waals surface area contributed by atoms with Gasteiger partial charge in [0, 0.05) is 10.6 Å². The van der Waals surface area contributed by atoms with Crippen molar-refractivity contribution < 1.29 is 15.0 Å². The molecule has 3 nitrogen and oxygen atoms in total. The van der Waals surface area contributed by atoms with Crippen molar-refractivity contribution in [1.29, 1.82) is 0 Å². The van der Waals surface area contributed by atoms with E-state index in [0.29, 0.717) is 24.2 Å². The number of rotatable bonds is 6. The van der Waals surface area contributed by atoms with E-state index in [1.165, 1.54) is 11.8 Å². The zero-order valence-electron chi connectivity index (χ0n) is 11.1. The lowest BCUT2D eigenvalue weighted by atomic mass is 10.0. The molecule has 0 radical (unpaired) electrons. The number of carbonyl (C=O) groups is 1. The van der Waals surface area contributed by atoms with Gasteiger partial charge in [-0.1, -0.05) is 19.9 Å². The van der Waals surface area contributed by atoms with Gasteiger partial charge in [0.2, 0.25) is 0 Å². The standard InChI is InChI=1S/C14H20O3S/c1-4-14(17,5-2)9-18-11-7-6-10(3)12(8-11)13(15)16/h6-8,17H,4-5,9H2,1-3H3,(H,15,16). The molecule has 1 aromatic rings. The number of aliphatic hydroxyl groups is 1. The Bertz CT molecular complexity index is 425. The lowest BCUT2D eigenvalue weighted by Gasteiger charge is -2.24. The molecule has 0 spiro atoms. The number of aromatic carboxylic acids is 1. The van der Waals surface area contributed by atoms with E-state index >= 15 is 0 Å². The molecule has 0 heterocycles. The average molecular weight is 268 g/mol. The number of hydrogen-bond acceptors (Lipinski definition) is 3. The Morgan fingerprint density at radius 2 is 1.94 bits per heavy atom. The Morgan fingerprint density at radius 1 is 1.33 bits per heavy atom. The Kier molecular flexibility index (Phi) is 5.23. The zero-order valence-corrected chi connectivity index (χ0v) is 11.9. The highest BCUT2D eigenvalue weighted by molar-refractivity contribution is 7.99. The smallest absolute Gasteiger partial charge is 0.335 e. The molecule has 0 aliphatic rings. The van der Waals surface area contributed by atoms with Crippen molar-refractivity contribution in [3.05, 3.63) is 29.3 Å². The highest BCUT2D eigenvalue weighted by Crippen LogP contribution is 2.28. The normalized spacial score (nSPS) is 11.6. The first kappa shape index (κ1) is 15.1. The monoisotopic (exact) mass is 268 g/mol. The second-order valence-corrected chi connectivity index (χ2v) is 5.55. The van der Waals surface area contributed by atoms with E-state index in [2.05, 4.69) is 0 Å². The zero-order chi connectivity index (χ0) is 13.8. The van der Waals surface area contributed by atoms with Gasteiger partial charge in [0.1, 0.15) is 0 Å². The third-order valence-electron chi connectivity index (χ3n) is 3.26. The number of carboxylic acids is 1. The number of aryl methyl sites for hydroxylation is 1. The summed E-state index contributed by atoms with van der Waals surface area (Å²) < 4.78 is 0. The molecular weight excluding hydrogens is 248 g/mol. The Morgan fingerprint density at radius 3 is 2.44 bits per heavy atom. The van der Waals surface area contributed by atoms with E-state index < -0.39 is 11.6 Å². The summed E-state index contributed by atoms with van der Waals surface area (Å²) in [5, 5.41) is 19.2. The molecule has 0 unspecified atom stereocenters. The van der Waals surface area contributed by atoms with Gasteiger partial charge in [0.05, 0.1) is 11.2 Å². The minimum absolute atomic E-state index is 0.330. The Labute approximate surface area is 112 Å². The third kappa shape index (κ3) is 3.75. The van der Waals surface area contributed by atoms with Crippen LogP contribution in [0, 0.1) is 6.92 Å². The highest BCUT2D eigenvalue weighted by Gasteiger charge is 2.22. The summed E-state index contributed by atoms with van der Waals surface area (Å²) in [5.74, 6) is -0.321. The third-order valence-corrected chi connectivity index (χ3v) is 4.53. The maximum atomic E-state index is 11.0. The minimum atomic E-state index is -0.906. The first-order valence-electron chi connectivity index (χ1n) is 6.11. The molecule has 18 heavy (non-hydrogen) atoms. The van der Waals surface area contributed by atoms with Gasteiger partial charge >= 0.3 is 5.97 Å². The Hall–Kier alpha value is -1.00. The summed E-state index contributed by atoms with van der Waals surface area (Å²) in [4.78, 5) is 11.9. The molecule has 0 aromatic heterocycles. The van der Waals surface area contributed by atoms with Crippen LogP contribution in [-0.4, -0.2) is 27.5 Å². The second-order valence-electron chi connectivity index (χ2n) is 4.50. The highest BCUT2D eigenvalue weighted by atomic mass is 32.2. The molecule has 0 aliphatic heterocycles. The van der Waals surface area contributed by atoms with Crippen LogP contribution < -0.4 is 0 Å². The molecule has 0 saturated heterocycles.